The second-order valence-corrected chi connectivity index (χ2v) is 17.6. The standard InChI is InChI=1S/C48H76N6O13/c1-47(2,3)66-45(59)53(43(57)64-34-36-18-9-7-10-19-36)39(22-13-15-25-49)41(55)38(24-29-62-31-33-63-32-30-61-28-17-27-51)52-42(56)40(23-14-16-26-50)54(46(60)67-48(4,5)6)44(58)65-35-37-20-11-8-12-21-37/h7-12,18-21,38-40H,13-17,22-35,49-51H2,1-6H3,(H,52,56)/t38?,39-,40-/m0/s1. The van der Waals surface area contributed by atoms with E-state index >= 15 is 4.79 Å². The molecule has 2 rings (SSSR count). The van der Waals surface area contributed by atoms with Gasteiger partial charge in [-0.1, -0.05) is 60.7 Å². The van der Waals surface area contributed by atoms with Gasteiger partial charge in [0.2, 0.25) is 5.91 Å². The van der Waals surface area contributed by atoms with Crippen LogP contribution in [-0.2, 0) is 56.0 Å². The number of hydrogen-bond acceptors (Lipinski definition) is 16. The number of nitrogens with two attached hydrogens (primary N) is 3. The molecule has 376 valence electrons. The third-order valence-corrected chi connectivity index (χ3v) is 9.55. The van der Waals surface area contributed by atoms with Gasteiger partial charge < -0.3 is 55.7 Å². The molecular weight excluding hydrogens is 869 g/mol. The molecule has 5 amide bonds. The number of nitrogens with one attached hydrogen (secondary N) is 1. The molecule has 0 aliphatic carbocycles. The summed E-state index contributed by atoms with van der Waals surface area (Å²) in [5, 5.41) is 2.75. The highest BCUT2D eigenvalue weighted by molar-refractivity contribution is 6.01. The van der Waals surface area contributed by atoms with Crippen molar-refractivity contribution in [3.05, 3.63) is 71.8 Å². The van der Waals surface area contributed by atoms with Crippen LogP contribution in [0.25, 0.3) is 0 Å². The topological polar surface area (TPSA) is 264 Å². The summed E-state index contributed by atoms with van der Waals surface area (Å²) in [6.07, 6.45) is -2.87. The van der Waals surface area contributed by atoms with Crippen LogP contribution in [0.1, 0.15) is 104 Å². The van der Waals surface area contributed by atoms with Gasteiger partial charge in [-0.05, 0) is 124 Å². The summed E-state index contributed by atoms with van der Waals surface area (Å²) in [6.45, 7) is 11.5. The second kappa shape index (κ2) is 31.7. The van der Waals surface area contributed by atoms with Crippen molar-refractivity contribution in [3.63, 3.8) is 0 Å². The molecule has 3 atom stereocenters. The second-order valence-electron chi connectivity index (χ2n) is 17.6. The van der Waals surface area contributed by atoms with Crippen molar-refractivity contribution in [2.24, 2.45) is 17.2 Å². The Morgan fingerprint density at radius 3 is 1.34 bits per heavy atom. The molecule has 0 aromatic heterocycles. The zero-order valence-electron chi connectivity index (χ0n) is 40.4. The molecule has 0 saturated carbocycles. The van der Waals surface area contributed by atoms with Crippen LogP contribution in [0.15, 0.2) is 60.7 Å². The highest BCUT2D eigenvalue weighted by Crippen LogP contribution is 2.22. The van der Waals surface area contributed by atoms with Gasteiger partial charge in [-0.2, -0.15) is 4.90 Å². The molecule has 0 aliphatic rings. The summed E-state index contributed by atoms with van der Waals surface area (Å²) in [4.78, 5) is 87.1. The maximum Gasteiger partial charge on any atom is 0.420 e. The number of imide groups is 2. The van der Waals surface area contributed by atoms with Crippen LogP contribution < -0.4 is 22.5 Å². The number of benzene rings is 2. The van der Waals surface area contributed by atoms with Gasteiger partial charge in [-0.3, -0.25) is 9.59 Å². The van der Waals surface area contributed by atoms with Gasteiger partial charge in [0.25, 0.3) is 0 Å². The number of carbonyl (C=O) groups excluding carboxylic acids is 6. The van der Waals surface area contributed by atoms with Gasteiger partial charge in [0.05, 0.1) is 32.5 Å². The first-order chi connectivity index (χ1) is 31.9. The van der Waals surface area contributed by atoms with Crippen LogP contribution in [0.5, 0.6) is 0 Å². The minimum Gasteiger partial charge on any atom is -0.444 e. The lowest BCUT2D eigenvalue weighted by atomic mass is 9.96. The van der Waals surface area contributed by atoms with E-state index in [1.807, 2.05) is 0 Å². The number of amides is 5. The molecule has 2 aromatic carbocycles. The van der Waals surface area contributed by atoms with Gasteiger partial charge in [0.15, 0.2) is 5.78 Å². The van der Waals surface area contributed by atoms with E-state index < -0.39 is 65.4 Å². The van der Waals surface area contributed by atoms with Crippen molar-refractivity contribution >= 4 is 36.1 Å². The van der Waals surface area contributed by atoms with E-state index in [1.54, 1.807) is 102 Å². The predicted molar refractivity (Wildman–Crippen MR) is 250 cm³/mol. The number of hydrogen-bond donors (Lipinski definition) is 4. The Hall–Kier alpha value is -5.18. The summed E-state index contributed by atoms with van der Waals surface area (Å²) >= 11 is 0. The third kappa shape index (κ3) is 23.9. The fraction of sp³-hybridized carbons (Fsp3) is 0.625. The molecule has 0 fully saturated rings. The minimum absolute atomic E-state index is 0.0834. The lowest BCUT2D eigenvalue weighted by Crippen LogP contribution is -2.59. The first-order valence-electron chi connectivity index (χ1n) is 23.1. The van der Waals surface area contributed by atoms with Crippen molar-refractivity contribution in [2.45, 2.75) is 135 Å². The van der Waals surface area contributed by atoms with E-state index in [4.69, 9.17) is 50.4 Å². The fourth-order valence-corrected chi connectivity index (χ4v) is 6.31. The largest absolute Gasteiger partial charge is 0.444 e. The van der Waals surface area contributed by atoms with E-state index in [0.717, 1.165) is 6.42 Å². The molecule has 0 heterocycles. The fourth-order valence-electron chi connectivity index (χ4n) is 6.31. The van der Waals surface area contributed by atoms with E-state index in [1.165, 1.54) is 0 Å². The number of unbranched alkanes of at least 4 members (excludes halogenated alkanes) is 2. The lowest BCUT2D eigenvalue weighted by Gasteiger charge is -2.34. The molecule has 7 N–H and O–H groups in total. The van der Waals surface area contributed by atoms with Crippen molar-refractivity contribution < 1.29 is 61.9 Å². The van der Waals surface area contributed by atoms with Crippen LogP contribution in [0.3, 0.4) is 0 Å². The Bertz CT molecular complexity index is 1760. The maximum atomic E-state index is 15.1. The van der Waals surface area contributed by atoms with Gasteiger partial charge in [-0.25, -0.2) is 24.1 Å². The smallest absolute Gasteiger partial charge is 0.420 e. The van der Waals surface area contributed by atoms with E-state index in [2.05, 4.69) is 5.32 Å². The van der Waals surface area contributed by atoms with Crippen molar-refractivity contribution in [1.82, 2.24) is 15.1 Å². The van der Waals surface area contributed by atoms with Crippen molar-refractivity contribution in [2.75, 3.05) is 59.3 Å². The van der Waals surface area contributed by atoms with Crippen molar-refractivity contribution in [1.29, 1.82) is 0 Å². The van der Waals surface area contributed by atoms with Crippen LogP contribution in [0, 0.1) is 0 Å². The zero-order valence-corrected chi connectivity index (χ0v) is 40.4. The molecule has 0 bridgehead atoms. The molecule has 2 aromatic rings. The molecular formula is C48H76N6O13. The summed E-state index contributed by atoms with van der Waals surface area (Å²) in [6, 6.07) is 12.9. The summed E-state index contributed by atoms with van der Waals surface area (Å²) < 4.78 is 39.4. The maximum absolute atomic E-state index is 15.1. The monoisotopic (exact) mass is 945 g/mol. The number of carbonyl (C=O) groups is 6. The first-order valence-corrected chi connectivity index (χ1v) is 23.1. The molecule has 1 unspecified atom stereocenters. The average Bonchev–Trinajstić information content (AvgIpc) is 3.27. The van der Waals surface area contributed by atoms with E-state index in [-0.39, 0.29) is 78.2 Å². The minimum atomic E-state index is -1.57. The molecule has 19 heteroatoms. The Kier molecular flexibility index (Phi) is 27.4. The quantitative estimate of drug-likeness (QED) is 0.0519. The van der Waals surface area contributed by atoms with Gasteiger partial charge >= 0.3 is 24.4 Å². The van der Waals surface area contributed by atoms with Gasteiger partial charge in [0, 0.05) is 13.2 Å². The summed E-state index contributed by atoms with van der Waals surface area (Å²) in [5.41, 5.74) is 16.2. The van der Waals surface area contributed by atoms with Crippen molar-refractivity contribution in [3.8, 4) is 0 Å². The van der Waals surface area contributed by atoms with Gasteiger partial charge in [0.1, 0.15) is 36.5 Å². The number of Topliss-reactive ketones (excluding diaryl/α,β-unsaturated/α-hetero) is 1. The number of rotatable bonds is 30. The van der Waals surface area contributed by atoms with E-state index in [9.17, 15) is 24.0 Å². The van der Waals surface area contributed by atoms with E-state index in [0.29, 0.717) is 60.1 Å². The number of nitrogens with zero attached hydrogens (tertiary/aromatic N) is 2. The Morgan fingerprint density at radius 1 is 0.507 bits per heavy atom. The SMILES string of the molecule is CC(C)(C)OC(=O)N(C(=O)OCc1ccccc1)[C@@H](CCCCN)C(=O)NC(CCOCCOCCOCCCN)C(=O)[C@H](CCCCN)N(C(=O)OCc1ccccc1)C(=O)OC(C)(C)C. The highest BCUT2D eigenvalue weighted by Gasteiger charge is 2.44. The molecule has 0 radical (unpaired) electrons. The molecule has 67 heavy (non-hydrogen) atoms. The average molecular weight is 945 g/mol. The zero-order chi connectivity index (χ0) is 49.7. The molecule has 19 nitrogen and oxygen atoms in total. The number of ether oxygens (including phenoxy) is 7. The molecule has 0 spiro atoms. The molecule has 0 aliphatic heterocycles. The first kappa shape index (κ1) is 57.9. The van der Waals surface area contributed by atoms with Crippen LogP contribution in [0.4, 0.5) is 19.2 Å². The normalized spacial score (nSPS) is 12.9. The van der Waals surface area contributed by atoms with Crippen LogP contribution in [-0.4, -0.2) is 134 Å². The Morgan fingerprint density at radius 2 is 0.910 bits per heavy atom. The number of ketones is 1. The predicted octanol–water partition coefficient (Wildman–Crippen LogP) is 5.97. The lowest BCUT2D eigenvalue weighted by molar-refractivity contribution is -0.133. The third-order valence-electron chi connectivity index (χ3n) is 9.55. The summed E-state index contributed by atoms with van der Waals surface area (Å²) in [7, 11) is 0. The van der Waals surface area contributed by atoms with Gasteiger partial charge in [-0.15, -0.1) is 0 Å². The Balaban J connectivity index is 2.63. The highest BCUT2D eigenvalue weighted by atomic mass is 16.6. The Labute approximate surface area is 395 Å². The van der Waals surface area contributed by atoms with Crippen LogP contribution >= 0.6 is 0 Å². The van der Waals surface area contributed by atoms with Crippen LogP contribution in [0.2, 0.25) is 0 Å². The molecule has 0 saturated heterocycles. The summed E-state index contributed by atoms with van der Waals surface area (Å²) in [5.74, 6) is -1.70.